The van der Waals surface area contributed by atoms with Crippen LogP contribution in [0.25, 0.3) is 0 Å². The minimum atomic E-state index is -1.05. The van der Waals surface area contributed by atoms with Crippen LogP contribution in [0.15, 0.2) is 24.3 Å². The lowest BCUT2D eigenvalue weighted by Gasteiger charge is -2.16. The summed E-state index contributed by atoms with van der Waals surface area (Å²) in [5.74, 6) is -0.552. The Kier molecular flexibility index (Phi) is 23.8. The van der Waals surface area contributed by atoms with Crippen molar-refractivity contribution in [1.29, 1.82) is 0 Å². The fraction of sp³-hybridized carbons (Fsp3) is 0.811. The number of Topliss-reactive ketones (excluding diaryl/α,β-unsaturated/α-hetero) is 1. The summed E-state index contributed by atoms with van der Waals surface area (Å²) in [5, 5.41) is 30.5. The molecule has 1 rings (SSSR count). The van der Waals surface area contributed by atoms with Gasteiger partial charge in [0.05, 0.1) is 12.2 Å². The molecule has 0 amide bonds. The zero-order valence-electron chi connectivity index (χ0n) is 28.5. The van der Waals surface area contributed by atoms with E-state index >= 15 is 0 Å². The predicted molar refractivity (Wildman–Crippen MR) is 178 cm³/mol. The molecule has 0 aromatic carbocycles. The van der Waals surface area contributed by atoms with E-state index in [0.29, 0.717) is 32.1 Å². The SMILES string of the molecule is CCCCC[C@H](O)/C=C/[C@H]1[C@H](O)CC(=O)[C@@H]1C/C=C\CCCC(=O)OC[C@H](O)COC(=O)CCCCCCCCCCC(C)C. The molecule has 1 aliphatic carbocycles. The molecule has 0 spiro atoms. The van der Waals surface area contributed by atoms with Gasteiger partial charge in [0, 0.05) is 31.1 Å². The summed E-state index contributed by atoms with van der Waals surface area (Å²) < 4.78 is 10.2. The van der Waals surface area contributed by atoms with Crippen molar-refractivity contribution in [2.24, 2.45) is 17.8 Å². The quantitative estimate of drug-likeness (QED) is 0.0492. The molecule has 1 saturated carbocycles. The molecular weight excluding hydrogens is 572 g/mol. The van der Waals surface area contributed by atoms with E-state index in [0.717, 1.165) is 44.4 Å². The number of aliphatic hydroxyl groups excluding tert-OH is 3. The van der Waals surface area contributed by atoms with E-state index in [-0.39, 0.29) is 49.6 Å². The topological polar surface area (TPSA) is 130 Å². The van der Waals surface area contributed by atoms with Crippen LogP contribution < -0.4 is 0 Å². The largest absolute Gasteiger partial charge is 0.463 e. The fourth-order valence-corrected chi connectivity index (χ4v) is 5.66. The van der Waals surface area contributed by atoms with E-state index < -0.39 is 24.3 Å². The Morgan fingerprint density at radius 1 is 0.822 bits per heavy atom. The summed E-state index contributed by atoms with van der Waals surface area (Å²) in [4.78, 5) is 36.3. The molecule has 0 radical (unpaired) electrons. The van der Waals surface area contributed by atoms with Crippen LogP contribution in [-0.4, -0.2) is 64.6 Å². The van der Waals surface area contributed by atoms with E-state index in [1.54, 1.807) is 12.2 Å². The molecule has 0 unspecified atom stereocenters. The third kappa shape index (κ3) is 21.4. The minimum Gasteiger partial charge on any atom is -0.463 e. The van der Waals surface area contributed by atoms with E-state index in [4.69, 9.17) is 9.47 Å². The highest BCUT2D eigenvalue weighted by Crippen LogP contribution is 2.33. The standard InChI is InChI=1S/C37H64O8/c1-4-5-14-20-30(38)24-25-33-32(34(40)26-35(33)41)21-16-12-13-18-23-37(43)45-28-31(39)27-44-36(42)22-17-11-9-7-6-8-10-15-19-29(2)3/h12,16,24-25,29-33,35,38-39,41H,4-11,13-15,17-23,26-28H2,1-3H3/b16-12-,25-24+/t30-,31+,32+,33+,35+/m0/s1. The number of carbonyl (C=O) groups excluding carboxylic acids is 3. The van der Waals surface area contributed by atoms with Crippen molar-refractivity contribution in [3.8, 4) is 0 Å². The number of allylic oxidation sites excluding steroid dienone is 2. The molecule has 5 atom stereocenters. The van der Waals surface area contributed by atoms with Gasteiger partial charge in [0.15, 0.2) is 0 Å². The molecule has 0 saturated heterocycles. The van der Waals surface area contributed by atoms with Crippen LogP contribution in [0, 0.1) is 17.8 Å². The van der Waals surface area contributed by atoms with Gasteiger partial charge in [-0.05, 0) is 38.0 Å². The van der Waals surface area contributed by atoms with Crippen molar-refractivity contribution in [3.63, 3.8) is 0 Å². The van der Waals surface area contributed by atoms with Gasteiger partial charge in [0.2, 0.25) is 0 Å². The zero-order chi connectivity index (χ0) is 33.3. The van der Waals surface area contributed by atoms with E-state index in [1.807, 2.05) is 12.2 Å². The first-order chi connectivity index (χ1) is 21.6. The number of hydrogen-bond donors (Lipinski definition) is 3. The number of ketones is 1. The lowest BCUT2D eigenvalue weighted by molar-refractivity contribution is -0.152. The van der Waals surface area contributed by atoms with Crippen LogP contribution in [0.2, 0.25) is 0 Å². The van der Waals surface area contributed by atoms with Crippen LogP contribution >= 0.6 is 0 Å². The van der Waals surface area contributed by atoms with Crippen molar-refractivity contribution in [1.82, 2.24) is 0 Å². The van der Waals surface area contributed by atoms with Crippen molar-refractivity contribution >= 4 is 17.7 Å². The maximum Gasteiger partial charge on any atom is 0.305 e. The Balaban J connectivity index is 2.11. The molecule has 8 heteroatoms. The summed E-state index contributed by atoms with van der Waals surface area (Å²) in [6, 6.07) is 0. The summed E-state index contributed by atoms with van der Waals surface area (Å²) in [6.07, 6.45) is 21.8. The normalized spacial score (nSPS) is 20.0. The molecule has 45 heavy (non-hydrogen) atoms. The van der Waals surface area contributed by atoms with Gasteiger partial charge >= 0.3 is 11.9 Å². The van der Waals surface area contributed by atoms with Crippen LogP contribution in [0.1, 0.15) is 143 Å². The van der Waals surface area contributed by atoms with Crippen molar-refractivity contribution in [2.75, 3.05) is 13.2 Å². The Labute approximate surface area is 273 Å². The Hall–Kier alpha value is -2.03. The van der Waals surface area contributed by atoms with Crippen LogP contribution in [0.5, 0.6) is 0 Å². The number of ether oxygens (including phenoxy) is 2. The van der Waals surface area contributed by atoms with Gasteiger partial charge in [-0.15, -0.1) is 0 Å². The van der Waals surface area contributed by atoms with Crippen LogP contribution in [0.3, 0.4) is 0 Å². The van der Waals surface area contributed by atoms with E-state index in [2.05, 4.69) is 20.8 Å². The number of carbonyl (C=O) groups is 3. The molecule has 0 aliphatic heterocycles. The second-order valence-electron chi connectivity index (χ2n) is 13.2. The lowest BCUT2D eigenvalue weighted by atomic mass is 9.90. The maximum atomic E-state index is 12.4. The fourth-order valence-electron chi connectivity index (χ4n) is 5.66. The van der Waals surface area contributed by atoms with Crippen molar-refractivity contribution in [2.45, 2.75) is 161 Å². The highest BCUT2D eigenvalue weighted by atomic mass is 16.6. The number of aliphatic hydroxyl groups is 3. The molecule has 260 valence electrons. The third-order valence-corrected chi connectivity index (χ3v) is 8.49. The smallest absolute Gasteiger partial charge is 0.305 e. The van der Waals surface area contributed by atoms with Crippen LogP contribution in [0.4, 0.5) is 0 Å². The second-order valence-corrected chi connectivity index (χ2v) is 13.2. The Morgan fingerprint density at radius 2 is 1.40 bits per heavy atom. The molecule has 0 aromatic rings. The average Bonchev–Trinajstić information content (AvgIpc) is 3.27. The van der Waals surface area contributed by atoms with Gasteiger partial charge in [-0.2, -0.15) is 0 Å². The second kappa shape index (κ2) is 26.1. The monoisotopic (exact) mass is 636 g/mol. The van der Waals surface area contributed by atoms with Gasteiger partial charge in [-0.25, -0.2) is 0 Å². The first-order valence-electron chi connectivity index (χ1n) is 17.8. The number of esters is 2. The van der Waals surface area contributed by atoms with Gasteiger partial charge < -0.3 is 24.8 Å². The lowest BCUT2D eigenvalue weighted by Crippen LogP contribution is -2.25. The molecule has 8 nitrogen and oxygen atoms in total. The molecule has 1 aliphatic rings. The van der Waals surface area contributed by atoms with Gasteiger partial charge in [0.1, 0.15) is 25.1 Å². The van der Waals surface area contributed by atoms with Gasteiger partial charge in [0.25, 0.3) is 0 Å². The first-order valence-corrected chi connectivity index (χ1v) is 17.8. The number of hydrogen-bond acceptors (Lipinski definition) is 8. The first kappa shape index (κ1) is 41.0. The maximum absolute atomic E-state index is 12.4. The Morgan fingerprint density at radius 3 is 2.02 bits per heavy atom. The number of rotatable bonds is 27. The number of unbranched alkanes of at least 4 members (excludes halogenated alkanes) is 10. The minimum absolute atomic E-state index is 0.0312. The summed E-state index contributed by atoms with van der Waals surface area (Å²) in [5.41, 5.74) is 0. The summed E-state index contributed by atoms with van der Waals surface area (Å²) in [7, 11) is 0. The molecule has 1 fully saturated rings. The van der Waals surface area contributed by atoms with Crippen LogP contribution in [-0.2, 0) is 23.9 Å². The highest BCUT2D eigenvalue weighted by Gasteiger charge is 2.39. The molecule has 3 N–H and O–H groups in total. The van der Waals surface area contributed by atoms with Gasteiger partial charge in [-0.1, -0.05) is 116 Å². The van der Waals surface area contributed by atoms with Crippen molar-refractivity contribution < 1.29 is 39.2 Å². The summed E-state index contributed by atoms with van der Waals surface area (Å²) in [6.45, 7) is 6.24. The molecule has 0 bridgehead atoms. The average molecular weight is 637 g/mol. The van der Waals surface area contributed by atoms with E-state index in [9.17, 15) is 29.7 Å². The highest BCUT2D eigenvalue weighted by molar-refractivity contribution is 5.84. The third-order valence-electron chi connectivity index (χ3n) is 8.49. The predicted octanol–water partition coefficient (Wildman–Crippen LogP) is 7.17. The zero-order valence-corrected chi connectivity index (χ0v) is 28.5. The van der Waals surface area contributed by atoms with E-state index in [1.165, 1.54) is 38.5 Å². The van der Waals surface area contributed by atoms with Crippen molar-refractivity contribution in [3.05, 3.63) is 24.3 Å². The van der Waals surface area contributed by atoms with Gasteiger partial charge in [-0.3, -0.25) is 14.4 Å². The molecule has 0 aromatic heterocycles. The summed E-state index contributed by atoms with van der Waals surface area (Å²) >= 11 is 0. The Bertz CT molecular complexity index is 851. The molecular formula is C37H64O8. The molecule has 0 heterocycles.